The molecular weight excluding hydrogens is 380 g/mol. The molecule has 31 heavy (non-hydrogen) atoms. The van der Waals surface area contributed by atoms with E-state index in [1.54, 1.807) is 24.5 Å². The molecule has 0 bridgehead atoms. The highest BCUT2D eigenvalue weighted by Gasteiger charge is 2.15. The topological polar surface area (TPSA) is 42.0 Å². The van der Waals surface area contributed by atoms with E-state index in [0.29, 0.717) is 12.1 Å². The molecule has 0 aliphatic rings. The quantitative estimate of drug-likeness (QED) is 0.456. The second kappa shape index (κ2) is 21.8. The van der Waals surface area contributed by atoms with Crippen LogP contribution in [0.3, 0.4) is 0 Å². The lowest BCUT2D eigenvalue weighted by molar-refractivity contribution is 0.0952. The SMILES string of the molecule is CC.CC.CC.CC.O=C(NCC(c1ccccc1)c1ccccc1)c1cccnc1. The standard InChI is InChI=1S/C20H18N2O.4C2H6/c23-20(18-12-7-13-21-14-18)22-15-19(16-8-3-1-4-9-16)17-10-5-2-6-11-17;4*1-2/h1-14,19H,15H2,(H,22,23);4*1-2H3. The molecule has 0 aliphatic heterocycles. The van der Waals surface area contributed by atoms with E-state index in [1.165, 1.54) is 11.1 Å². The van der Waals surface area contributed by atoms with Crippen molar-refractivity contribution in [2.24, 2.45) is 0 Å². The molecule has 3 rings (SSSR count). The lowest BCUT2D eigenvalue weighted by Gasteiger charge is -2.18. The van der Waals surface area contributed by atoms with Gasteiger partial charge in [-0.15, -0.1) is 0 Å². The summed E-state index contributed by atoms with van der Waals surface area (Å²) in [6, 6.07) is 24.0. The summed E-state index contributed by atoms with van der Waals surface area (Å²) in [4.78, 5) is 16.2. The molecule has 3 heteroatoms. The monoisotopic (exact) mass is 422 g/mol. The Labute approximate surface area is 191 Å². The van der Waals surface area contributed by atoms with Gasteiger partial charge in [0, 0.05) is 24.9 Å². The van der Waals surface area contributed by atoms with E-state index < -0.39 is 0 Å². The number of hydrogen-bond acceptors (Lipinski definition) is 2. The summed E-state index contributed by atoms with van der Waals surface area (Å²) in [5.41, 5.74) is 2.95. The molecule has 0 atom stereocenters. The Morgan fingerprint density at radius 3 is 1.55 bits per heavy atom. The van der Waals surface area contributed by atoms with Gasteiger partial charge in [0.05, 0.1) is 5.56 Å². The van der Waals surface area contributed by atoms with Crippen LogP contribution in [0.15, 0.2) is 85.2 Å². The molecule has 170 valence electrons. The molecule has 3 aromatic rings. The lowest BCUT2D eigenvalue weighted by atomic mass is 9.91. The Morgan fingerprint density at radius 2 is 1.16 bits per heavy atom. The maximum atomic E-state index is 12.3. The maximum Gasteiger partial charge on any atom is 0.252 e. The second-order valence-corrected chi connectivity index (χ2v) is 5.33. The van der Waals surface area contributed by atoms with E-state index in [-0.39, 0.29) is 11.8 Å². The number of benzene rings is 2. The van der Waals surface area contributed by atoms with Gasteiger partial charge in [-0.25, -0.2) is 0 Å². The first-order valence-electron chi connectivity index (χ1n) is 11.6. The van der Waals surface area contributed by atoms with E-state index in [0.717, 1.165) is 0 Å². The summed E-state index contributed by atoms with van der Waals surface area (Å²) < 4.78 is 0. The van der Waals surface area contributed by atoms with Crippen LogP contribution in [0, 0.1) is 0 Å². The van der Waals surface area contributed by atoms with Crippen molar-refractivity contribution in [1.29, 1.82) is 0 Å². The van der Waals surface area contributed by atoms with Crippen LogP contribution in [-0.2, 0) is 0 Å². The van der Waals surface area contributed by atoms with Gasteiger partial charge in [-0.05, 0) is 23.3 Å². The number of nitrogens with one attached hydrogen (secondary N) is 1. The summed E-state index contributed by atoms with van der Waals surface area (Å²) >= 11 is 0. The van der Waals surface area contributed by atoms with Gasteiger partial charge in [0.25, 0.3) is 5.91 Å². The fraction of sp³-hybridized carbons (Fsp3) is 0.357. The molecule has 0 saturated carbocycles. The van der Waals surface area contributed by atoms with Crippen molar-refractivity contribution < 1.29 is 4.79 Å². The van der Waals surface area contributed by atoms with E-state index in [1.807, 2.05) is 91.8 Å². The van der Waals surface area contributed by atoms with Crippen molar-refractivity contribution in [2.45, 2.75) is 61.3 Å². The van der Waals surface area contributed by atoms with E-state index >= 15 is 0 Å². The van der Waals surface area contributed by atoms with Crippen molar-refractivity contribution in [2.75, 3.05) is 6.54 Å². The van der Waals surface area contributed by atoms with Gasteiger partial charge in [0.1, 0.15) is 0 Å². The van der Waals surface area contributed by atoms with Crippen LogP contribution in [0.25, 0.3) is 0 Å². The number of rotatable bonds is 5. The summed E-state index contributed by atoms with van der Waals surface area (Å²) in [6.07, 6.45) is 3.24. The fourth-order valence-electron chi connectivity index (χ4n) is 2.59. The Hall–Kier alpha value is -2.94. The molecule has 0 spiro atoms. The van der Waals surface area contributed by atoms with Crippen LogP contribution in [0.2, 0.25) is 0 Å². The molecule has 1 heterocycles. The minimum atomic E-state index is -0.102. The lowest BCUT2D eigenvalue weighted by Crippen LogP contribution is -2.29. The van der Waals surface area contributed by atoms with Gasteiger partial charge < -0.3 is 5.32 Å². The Bertz CT molecular complexity index is 704. The average molecular weight is 423 g/mol. The number of carbonyl (C=O) groups excluding carboxylic acids is 1. The van der Waals surface area contributed by atoms with Crippen molar-refractivity contribution >= 4 is 5.91 Å². The number of pyridine rings is 1. The summed E-state index contributed by atoms with van der Waals surface area (Å²) in [5, 5.41) is 3.02. The van der Waals surface area contributed by atoms with Gasteiger partial charge in [-0.3, -0.25) is 9.78 Å². The van der Waals surface area contributed by atoms with Crippen molar-refractivity contribution in [3.05, 3.63) is 102 Å². The molecule has 0 fully saturated rings. The first-order valence-corrected chi connectivity index (χ1v) is 11.6. The fourth-order valence-corrected chi connectivity index (χ4v) is 2.59. The molecular formula is C28H42N2O. The predicted octanol–water partition coefficient (Wildman–Crippen LogP) is 7.75. The number of nitrogens with zero attached hydrogens (tertiary/aromatic N) is 1. The Balaban J connectivity index is 0. The van der Waals surface area contributed by atoms with Gasteiger partial charge in [-0.2, -0.15) is 0 Å². The third-order valence-electron chi connectivity index (χ3n) is 3.79. The summed E-state index contributed by atoms with van der Waals surface area (Å²) in [6.45, 7) is 16.5. The largest absolute Gasteiger partial charge is 0.351 e. The van der Waals surface area contributed by atoms with E-state index in [4.69, 9.17) is 0 Å². The molecule has 1 amide bonds. The Kier molecular flexibility index (Phi) is 21.2. The van der Waals surface area contributed by atoms with Crippen LogP contribution in [0.1, 0.15) is 82.8 Å². The Morgan fingerprint density at radius 1 is 0.710 bits per heavy atom. The average Bonchev–Trinajstić information content (AvgIpc) is 2.90. The molecule has 0 radical (unpaired) electrons. The van der Waals surface area contributed by atoms with Gasteiger partial charge in [0.15, 0.2) is 0 Å². The van der Waals surface area contributed by atoms with Crippen molar-refractivity contribution in [3.8, 4) is 0 Å². The smallest absolute Gasteiger partial charge is 0.252 e. The minimum Gasteiger partial charge on any atom is -0.351 e. The zero-order valence-corrected chi connectivity index (χ0v) is 20.7. The summed E-state index contributed by atoms with van der Waals surface area (Å²) in [7, 11) is 0. The zero-order chi connectivity index (χ0) is 23.9. The highest BCUT2D eigenvalue weighted by Crippen LogP contribution is 2.23. The minimum absolute atomic E-state index is 0.102. The molecule has 0 saturated heterocycles. The molecule has 0 unspecified atom stereocenters. The van der Waals surface area contributed by atoms with Gasteiger partial charge in [-0.1, -0.05) is 116 Å². The molecule has 1 aromatic heterocycles. The third-order valence-corrected chi connectivity index (χ3v) is 3.79. The highest BCUT2D eigenvalue weighted by atomic mass is 16.1. The molecule has 0 aliphatic carbocycles. The highest BCUT2D eigenvalue weighted by molar-refractivity contribution is 5.93. The number of amides is 1. The van der Waals surface area contributed by atoms with Crippen LogP contribution < -0.4 is 5.32 Å². The van der Waals surface area contributed by atoms with Gasteiger partial charge >= 0.3 is 0 Å². The number of hydrogen-bond donors (Lipinski definition) is 1. The van der Waals surface area contributed by atoms with Gasteiger partial charge in [0.2, 0.25) is 0 Å². The number of carbonyl (C=O) groups is 1. The van der Waals surface area contributed by atoms with Crippen LogP contribution >= 0.6 is 0 Å². The first-order chi connectivity index (χ1) is 15.3. The van der Waals surface area contributed by atoms with Crippen LogP contribution in [-0.4, -0.2) is 17.4 Å². The molecule has 3 nitrogen and oxygen atoms in total. The van der Waals surface area contributed by atoms with Crippen LogP contribution in [0.4, 0.5) is 0 Å². The van der Waals surface area contributed by atoms with E-state index in [2.05, 4.69) is 34.6 Å². The number of aromatic nitrogens is 1. The first kappa shape index (κ1) is 30.3. The molecule has 2 aromatic carbocycles. The van der Waals surface area contributed by atoms with Crippen molar-refractivity contribution in [1.82, 2.24) is 10.3 Å². The van der Waals surface area contributed by atoms with Crippen molar-refractivity contribution in [3.63, 3.8) is 0 Å². The second-order valence-electron chi connectivity index (χ2n) is 5.33. The summed E-state index contributed by atoms with van der Waals surface area (Å²) in [5.74, 6) is 0.0213. The predicted molar refractivity (Wildman–Crippen MR) is 137 cm³/mol. The third kappa shape index (κ3) is 11.7. The normalized spacial score (nSPS) is 8.55. The van der Waals surface area contributed by atoms with Crippen LogP contribution in [0.5, 0.6) is 0 Å². The maximum absolute atomic E-state index is 12.3. The zero-order valence-electron chi connectivity index (χ0n) is 20.7. The molecule has 1 N–H and O–H groups in total. The van der Waals surface area contributed by atoms with E-state index in [9.17, 15) is 4.79 Å².